The molecule has 0 bridgehead atoms. The Morgan fingerprint density at radius 2 is 1.85 bits per heavy atom. The van der Waals surface area contributed by atoms with Crippen LogP contribution in [0.25, 0.3) is 0 Å². The Labute approximate surface area is 123 Å². The van der Waals surface area contributed by atoms with Crippen LogP contribution >= 0.6 is 0 Å². The normalized spacial score (nSPS) is 13.2. The van der Waals surface area contributed by atoms with Crippen LogP contribution in [0, 0.1) is 18.7 Å². The maximum absolute atomic E-state index is 13.4. The van der Waals surface area contributed by atoms with E-state index in [9.17, 15) is 4.39 Å². The van der Waals surface area contributed by atoms with Gasteiger partial charge in [-0.05, 0) is 36.6 Å². The fourth-order valence-corrected chi connectivity index (χ4v) is 2.73. The maximum Gasteiger partial charge on any atom is 0.126 e. The molecule has 1 aromatic rings. The number of benzene rings is 1. The van der Waals surface area contributed by atoms with E-state index in [1.807, 2.05) is 19.1 Å². The molecule has 0 aliphatic rings. The van der Waals surface area contributed by atoms with E-state index in [4.69, 9.17) is 5.73 Å². The number of likely N-dealkylation sites (N-methyl/N-ethyl adjacent to an activating group) is 1. The zero-order valence-corrected chi connectivity index (χ0v) is 13.3. The molecular weight excluding hydrogens is 251 g/mol. The summed E-state index contributed by atoms with van der Waals surface area (Å²) in [4.78, 5) is 2.42. The van der Waals surface area contributed by atoms with Gasteiger partial charge in [-0.2, -0.15) is 0 Å². The Kier molecular flexibility index (Phi) is 7.17. The highest BCUT2D eigenvalue weighted by molar-refractivity contribution is 5.27. The lowest BCUT2D eigenvalue weighted by Gasteiger charge is -2.33. The third-order valence-corrected chi connectivity index (χ3v) is 4.28. The molecule has 2 N–H and O–H groups in total. The molecule has 1 atom stereocenters. The van der Waals surface area contributed by atoms with E-state index >= 15 is 0 Å². The first-order valence-corrected chi connectivity index (χ1v) is 7.77. The zero-order chi connectivity index (χ0) is 15.1. The lowest BCUT2D eigenvalue weighted by Crippen LogP contribution is -2.37. The van der Waals surface area contributed by atoms with Crippen LogP contribution in [0.3, 0.4) is 0 Å². The number of halogens is 1. The van der Waals surface area contributed by atoms with Gasteiger partial charge in [-0.1, -0.05) is 45.7 Å². The Morgan fingerprint density at radius 3 is 2.30 bits per heavy atom. The molecule has 0 aromatic heterocycles. The highest BCUT2D eigenvalue weighted by atomic mass is 19.1. The molecule has 1 aromatic carbocycles. The van der Waals surface area contributed by atoms with E-state index in [1.54, 1.807) is 6.07 Å². The van der Waals surface area contributed by atoms with Gasteiger partial charge in [0.1, 0.15) is 5.82 Å². The highest BCUT2D eigenvalue weighted by Crippen LogP contribution is 2.24. The lowest BCUT2D eigenvalue weighted by atomic mass is 9.98. The van der Waals surface area contributed by atoms with Gasteiger partial charge in [0.15, 0.2) is 0 Å². The molecule has 20 heavy (non-hydrogen) atoms. The molecular formula is C17H29FN2. The fourth-order valence-electron chi connectivity index (χ4n) is 2.73. The zero-order valence-electron chi connectivity index (χ0n) is 13.3. The molecule has 0 radical (unpaired) electrons. The predicted molar refractivity (Wildman–Crippen MR) is 84.3 cm³/mol. The molecule has 3 heteroatoms. The largest absolute Gasteiger partial charge is 0.329 e. The molecule has 1 rings (SSSR count). The molecule has 0 saturated heterocycles. The van der Waals surface area contributed by atoms with Gasteiger partial charge in [0.05, 0.1) is 0 Å². The van der Waals surface area contributed by atoms with E-state index in [0.29, 0.717) is 18.0 Å². The Balaban J connectivity index is 2.93. The van der Waals surface area contributed by atoms with Crippen LogP contribution in [-0.2, 0) is 0 Å². The molecule has 0 fully saturated rings. The van der Waals surface area contributed by atoms with E-state index < -0.39 is 0 Å². The Bertz CT molecular complexity index is 402. The van der Waals surface area contributed by atoms with Crippen LogP contribution in [0.15, 0.2) is 18.2 Å². The average Bonchev–Trinajstić information content (AvgIpc) is 2.46. The minimum Gasteiger partial charge on any atom is -0.329 e. The van der Waals surface area contributed by atoms with E-state index in [1.165, 1.54) is 12.8 Å². The van der Waals surface area contributed by atoms with Crippen molar-refractivity contribution in [3.8, 4) is 0 Å². The smallest absolute Gasteiger partial charge is 0.126 e. The molecule has 0 saturated carbocycles. The molecule has 2 nitrogen and oxygen atoms in total. The summed E-state index contributed by atoms with van der Waals surface area (Å²) in [6, 6.07) is 5.54. The molecule has 1 unspecified atom stereocenters. The van der Waals surface area contributed by atoms with Crippen molar-refractivity contribution in [1.29, 1.82) is 0 Å². The number of aryl methyl sites for hydroxylation is 1. The van der Waals surface area contributed by atoms with Crippen LogP contribution in [0.4, 0.5) is 4.39 Å². The Morgan fingerprint density at radius 1 is 1.20 bits per heavy atom. The number of nitrogens with two attached hydrogens (primary N) is 1. The molecule has 0 aliphatic carbocycles. The van der Waals surface area contributed by atoms with Gasteiger partial charge in [-0.3, -0.25) is 4.90 Å². The van der Waals surface area contributed by atoms with Gasteiger partial charge in [-0.15, -0.1) is 0 Å². The van der Waals surface area contributed by atoms with Crippen LogP contribution in [-0.4, -0.2) is 24.5 Å². The van der Waals surface area contributed by atoms with Crippen molar-refractivity contribution in [3.05, 3.63) is 35.1 Å². The quantitative estimate of drug-likeness (QED) is 0.782. The number of hydrogen-bond donors (Lipinski definition) is 1. The summed E-state index contributed by atoms with van der Waals surface area (Å²) >= 11 is 0. The van der Waals surface area contributed by atoms with E-state index in [-0.39, 0.29) is 11.9 Å². The van der Waals surface area contributed by atoms with Crippen molar-refractivity contribution >= 4 is 0 Å². The minimum atomic E-state index is -0.146. The predicted octanol–water partition coefficient (Wildman–Crippen LogP) is 3.89. The Hall–Kier alpha value is -0.930. The molecule has 0 spiro atoms. The highest BCUT2D eigenvalue weighted by Gasteiger charge is 2.20. The van der Waals surface area contributed by atoms with Gasteiger partial charge in [0.25, 0.3) is 0 Å². The summed E-state index contributed by atoms with van der Waals surface area (Å²) < 4.78 is 13.4. The van der Waals surface area contributed by atoms with Gasteiger partial charge >= 0.3 is 0 Å². The molecule has 0 amide bonds. The van der Waals surface area contributed by atoms with Gasteiger partial charge in [-0.25, -0.2) is 4.39 Å². The standard InChI is InChI=1S/C17H29FN2/c1-5-14(6-2)12-20(7-3)17(11-19)15-8-9-16(18)13(4)10-15/h8-10,14,17H,5-7,11-12,19H2,1-4H3. The van der Waals surface area contributed by atoms with Crippen LogP contribution in [0.2, 0.25) is 0 Å². The van der Waals surface area contributed by atoms with Crippen LogP contribution in [0.5, 0.6) is 0 Å². The summed E-state index contributed by atoms with van der Waals surface area (Å²) in [5.41, 5.74) is 7.81. The molecule has 0 heterocycles. The first kappa shape index (κ1) is 17.1. The number of rotatable bonds is 8. The van der Waals surface area contributed by atoms with Crippen molar-refractivity contribution in [3.63, 3.8) is 0 Å². The summed E-state index contributed by atoms with van der Waals surface area (Å²) in [6.07, 6.45) is 2.37. The second-order valence-electron chi connectivity index (χ2n) is 5.53. The molecule has 114 valence electrons. The minimum absolute atomic E-state index is 0.146. The second kappa shape index (κ2) is 8.38. The number of hydrogen-bond acceptors (Lipinski definition) is 2. The summed E-state index contributed by atoms with van der Waals surface area (Å²) in [6.45, 7) is 11.0. The average molecular weight is 280 g/mol. The first-order chi connectivity index (χ1) is 9.57. The monoisotopic (exact) mass is 280 g/mol. The van der Waals surface area contributed by atoms with Gasteiger partial charge in [0.2, 0.25) is 0 Å². The summed E-state index contributed by atoms with van der Waals surface area (Å²) in [7, 11) is 0. The third kappa shape index (κ3) is 4.29. The van der Waals surface area contributed by atoms with Crippen LogP contribution < -0.4 is 5.73 Å². The van der Waals surface area contributed by atoms with Crippen LogP contribution in [0.1, 0.15) is 50.8 Å². The topological polar surface area (TPSA) is 29.3 Å². The maximum atomic E-state index is 13.4. The van der Waals surface area contributed by atoms with Crippen molar-refractivity contribution in [2.75, 3.05) is 19.6 Å². The fraction of sp³-hybridized carbons (Fsp3) is 0.647. The van der Waals surface area contributed by atoms with Crippen molar-refractivity contribution in [2.45, 2.75) is 46.6 Å². The van der Waals surface area contributed by atoms with Crippen molar-refractivity contribution in [2.24, 2.45) is 11.7 Å². The summed E-state index contributed by atoms with van der Waals surface area (Å²) in [5, 5.41) is 0. The van der Waals surface area contributed by atoms with Gasteiger partial charge < -0.3 is 5.73 Å². The SMILES string of the molecule is CCC(CC)CN(CC)C(CN)c1ccc(F)c(C)c1. The van der Waals surface area contributed by atoms with E-state index in [2.05, 4.69) is 25.7 Å². The van der Waals surface area contributed by atoms with Crippen molar-refractivity contribution in [1.82, 2.24) is 4.90 Å². The molecule has 0 aliphatic heterocycles. The van der Waals surface area contributed by atoms with Crippen molar-refractivity contribution < 1.29 is 4.39 Å². The first-order valence-electron chi connectivity index (χ1n) is 7.77. The summed E-state index contributed by atoms with van der Waals surface area (Å²) in [5.74, 6) is 0.554. The lowest BCUT2D eigenvalue weighted by molar-refractivity contribution is 0.174. The number of nitrogens with zero attached hydrogens (tertiary/aromatic N) is 1. The van der Waals surface area contributed by atoms with E-state index in [0.717, 1.165) is 18.7 Å². The van der Waals surface area contributed by atoms with Gasteiger partial charge in [0, 0.05) is 19.1 Å². The second-order valence-corrected chi connectivity index (χ2v) is 5.53. The third-order valence-electron chi connectivity index (χ3n) is 4.28.